The third-order valence-corrected chi connectivity index (χ3v) is 7.19. The molecule has 0 bridgehead atoms. The highest BCUT2D eigenvalue weighted by Gasteiger charge is 2.22. The number of sulfonamides is 1. The third kappa shape index (κ3) is 4.68. The van der Waals surface area contributed by atoms with Gasteiger partial charge >= 0.3 is 0 Å². The first-order valence-electron chi connectivity index (χ1n) is 10.3. The highest BCUT2D eigenvalue weighted by Crippen LogP contribution is 2.36. The molecule has 0 fully saturated rings. The Morgan fingerprint density at radius 2 is 1.88 bits per heavy atom. The number of carbonyl (C=O) groups is 1. The molecule has 0 aliphatic heterocycles. The van der Waals surface area contributed by atoms with Crippen LogP contribution in [-0.2, 0) is 16.6 Å². The van der Waals surface area contributed by atoms with E-state index in [1.54, 1.807) is 49.1 Å². The van der Waals surface area contributed by atoms with Gasteiger partial charge in [-0.3, -0.25) is 9.78 Å². The van der Waals surface area contributed by atoms with Crippen LogP contribution in [0.3, 0.4) is 0 Å². The van der Waals surface area contributed by atoms with E-state index in [4.69, 9.17) is 5.73 Å². The Kier molecular flexibility index (Phi) is 7.01. The molecule has 3 rings (SSSR count). The van der Waals surface area contributed by atoms with Crippen molar-refractivity contribution in [2.24, 2.45) is 5.73 Å². The Hall–Kier alpha value is -3.08. The van der Waals surface area contributed by atoms with E-state index >= 15 is 0 Å². The summed E-state index contributed by atoms with van der Waals surface area (Å²) in [7, 11) is 2.52. The van der Waals surface area contributed by atoms with Crippen LogP contribution in [0, 0.1) is 6.92 Å². The van der Waals surface area contributed by atoms with Crippen molar-refractivity contribution < 1.29 is 17.6 Å². The summed E-state index contributed by atoms with van der Waals surface area (Å²) in [6, 6.07) is 6.75. The van der Waals surface area contributed by atoms with Crippen molar-refractivity contribution in [1.29, 1.82) is 0 Å². The molecule has 0 radical (unpaired) electrons. The van der Waals surface area contributed by atoms with Gasteiger partial charge in [-0.25, -0.2) is 17.1 Å². The van der Waals surface area contributed by atoms with E-state index in [0.717, 1.165) is 4.31 Å². The van der Waals surface area contributed by atoms with Crippen LogP contribution in [-0.4, -0.2) is 67.8 Å². The SMILES string of the molecule is Cc1c(-c2cncc(S(=O)(=O)N(C)C)c2)c2cc(C(=O)N(C)C)ccc2n1C/C(F)=C/CN. The molecule has 1 amide bonds. The van der Waals surface area contributed by atoms with E-state index in [1.165, 1.54) is 31.3 Å². The van der Waals surface area contributed by atoms with Crippen LogP contribution in [0.15, 0.2) is 53.5 Å². The second-order valence-corrected chi connectivity index (χ2v) is 10.2. The van der Waals surface area contributed by atoms with Crippen LogP contribution in [0.5, 0.6) is 0 Å². The van der Waals surface area contributed by atoms with Crippen LogP contribution < -0.4 is 5.73 Å². The molecule has 1 aromatic carbocycles. The van der Waals surface area contributed by atoms with Crippen molar-refractivity contribution in [3.8, 4) is 11.1 Å². The number of amides is 1. The fourth-order valence-electron chi connectivity index (χ4n) is 3.69. The molecule has 0 atom stereocenters. The van der Waals surface area contributed by atoms with Gasteiger partial charge in [-0.2, -0.15) is 0 Å². The van der Waals surface area contributed by atoms with Gasteiger partial charge in [0.2, 0.25) is 10.0 Å². The normalized spacial score (nSPS) is 12.5. The van der Waals surface area contributed by atoms with E-state index in [-0.39, 0.29) is 29.7 Å². The molecule has 0 spiro atoms. The van der Waals surface area contributed by atoms with E-state index < -0.39 is 10.0 Å². The maximum atomic E-state index is 14.4. The second-order valence-electron chi connectivity index (χ2n) is 8.06. The molecule has 0 saturated carbocycles. The maximum Gasteiger partial charge on any atom is 0.253 e. The van der Waals surface area contributed by atoms with Gasteiger partial charge in [0, 0.05) is 80.4 Å². The lowest BCUT2D eigenvalue weighted by Gasteiger charge is -2.12. The van der Waals surface area contributed by atoms with Gasteiger partial charge in [0.25, 0.3) is 5.91 Å². The van der Waals surface area contributed by atoms with Gasteiger partial charge in [0.05, 0.1) is 6.54 Å². The summed E-state index contributed by atoms with van der Waals surface area (Å²) in [5.41, 5.74) is 8.58. The fourth-order valence-corrected chi connectivity index (χ4v) is 4.58. The molecule has 2 N–H and O–H groups in total. The Bertz CT molecular complexity index is 1340. The van der Waals surface area contributed by atoms with Crippen molar-refractivity contribution in [3.63, 3.8) is 0 Å². The van der Waals surface area contributed by atoms with Crippen molar-refractivity contribution in [3.05, 3.63) is 59.8 Å². The van der Waals surface area contributed by atoms with Crippen LogP contribution in [0.4, 0.5) is 4.39 Å². The third-order valence-electron chi connectivity index (χ3n) is 5.41. The molecule has 2 heterocycles. The summed E-state index contributed by atoms with van der Waals surface area (Å²) in [5.74, 6) is -0.566. The van der Waals surface area contributed by atoms with E-state index in [1.807, 2.05) is 6.92 Å². The second kappa shape index (κ2) is 9.42. The average molecular weight is 474 g/mol. The number of pyridine rings is 1. The van der Waals surface area contributed by atoms with Gasteiger partial charge in [-0.05, 0) is 37.3 Å². The Balaban J connectivity index is 2.32. The number of benzene rings is 1. The summed E-state index contributed by atoms with van der Waals surface area (Å²) in [4.78, 5) is 18.3. The predicted molar refractivity (Wildman–Crippen MR) is 127 cm³/mol. The lowest BCUT2D eigenvalue weighted by molar-refractivity contribution is 0.0827. The smallest absolute Gasteiger partial charge is 0.253 e. The molecule has 33 heavy (non-hydrogen) atoms. The number of hydrogen-bond donors (Lipinski definition) is 1. The Labute approximate surface area is 193 Å². The molecule has 10 heteroatoms. The first kappa shape index (κ1) is 24.6. The number of fused-ring (bicyclic) bond motifs is 1. The lowest BCUT2D eigenvalue weighted by Crippen LogP contribution is -2.22. The molecule has 0 aliphatic rings. The minimum atomic E-state index is -3.71. The topological polar surface area (TPSA) is 102 Å². The first-order valence-corrected chi connectivity index (χ1v) is 11.7. The van der Waals surface area contributed by atoms with E-state index in [0.29, 0.717) is 33.3 Å². The zero-order chi connectivity index (χ0) is 24.5. The van der Waals surface area contributed by atoms with Crippen LogP contribution in [0.1, 0.15) is 16.1 Å². The fraction of sp³-hybridized carbons (Fsp3) is 0.304. The lowest BCUT2D eigenvalue weighted by atomic mass is 10.0. The summed E-state index contributed by atoms with van der Waals surface area (Å²) in [5, 5.41) is 0.696. The highest BCUT2D eigenvalue weighted by atomic mass is 32.2. The Morgan fingerprint density at radius 3 is 2.48 bits per heavy atom. The van der Waals surface area contributed by atoms with Gasteiger partial charge in [-0.15, -0.1) is 0 Å². The number of rotatable bonds is 7. The number of aromatic nitrogens is 2. The number of nitrogens with zero attached hydrogens (tertiary/aromatic N) is 4. The summed E-state index contributed by atoms with van der Waals surface area (Å²) < 4.78 is 42.7. The minimum Gasteiger partial charge on any atom is -0.345 e. The number of nitrogens with two attached hydrogens (primary N) is 1. The van der Waals surface area contributed by atoms with Crippen molar-refractivity contribution >= 4 is 26.8 Å². The quantitative estimate of drug-likeness (QED) is 0.569. The van der Waals surface area contributed by atoms with Crippen LogP contribution in [0.25, 0.3) is 22.0 Å². The van der Waals surface area contributed by atoms with Gasteiger partial charge in [0.1, 0.15) is 10.7 Å². The number of carbonyl (C=O) groups excluding carboxylic acids is 1. The first-order chi connectivity index (χ1) is 15.5. The zero-order valence-electron chi connectivity index (χ0n) is 19.3. The molecular formula is C23H28FN5O3S. The van der Waals surface area contributed by atoms with Gasteiger partial charge in [-0.1, -0.05) is 0 Å². The van der Waals surface area contributed by atoms with Gasteiger partial charge in [0.15, 0.2) is 0 Å². The Morgan fingerprint density at radius 1 is 1.18 bits per heavy atom. The average Bonchev–Trinajstić information content (AvgIpc) is 3.03. The van der Waals surface area contributed by atoms with Crippen molar-refractivity contribution in [1.82, 2.24) is 18.8 Å². The molecule has 8 nitrogen and oxygen atoms in total. The van der Waals surface area contributed by atoms with Crippen LogP contribution >= 0.6 is 0 Å². The number of hydrogen-bond acceptors (Lipinski definition) is 5. The summed E-state index contributed by atoms with van der Waals surface area (Å²) in [6.07, 6.45) is 4.16. The summed E-state index contributed by atoms with van der Waals surface area (Å²) in [6.45, 7) is 1.86. The van der Waals surface area contributed by atoms with Crippen molar-refractivity contribution in [2.45, 2.75) is 18.4 Å². The zero-order valence-corrected chi connectivity index (χ0v) is 20.1. The minimum absolute atomic E-state index is 0.0381. The van der Waals surface area contributed by atoms with E-state index in [9.17, 15) is 17.6 Å². The predicted octanol–water partition coefficient (Wildman–Crippen LogP) is 2.78. The van der Waals surface area contributed by atoms with Crippen LogP contribution in [0.2, 0.25) is 0 Å². The summed E-state index contributed by atoms with van der Waals surface area (Å²) >= 11 is 0. The molecular weight excluding hydrogens is 445 g/mol. The van der Waals surface area contributed by atoms with Gasteiger partial charge < -0.3 is 15.2 Å². The number of allylic oxidation sites excluding steroid dienone is 1. The number of halogens is 1. The molecule has 3 aromatic rings. The molecule has 0 saturated heterocycles. The maximum absolute atomic E-state index is 14.4. The molecule has 0 aliphatic carbocycles. The van der Waals surface area contributed by atoms with E-state index in [2.05, 4.69) is 4.98 Å². The molecule has 176 valence electrons. The standard InChI is InChI=1S/C23H28FN5O3S/c1-15-22(17-10-19(13-26-12-17)33(31,32)28(4)5)20-11-16(23(30)27(2)3)6-7-21(20)29(15)14-18(24)8-9-25/h6-8,10-13H,9,14,25H2,1-5H3/b18-8-. The molecule has 0 unspecified atom stereocenters. The largest absolute Gasteiger partial charge is 0.345 e. The van der Waals surface area contributed by atoms with Crippen molar-refractivity contribution in [2.75, 3.05) is 34.7 Å². The monoisotopic (exact) mass is 473 g/mol. The molecule has 2 aromatic heterocycles. The highest BCUT2D eigenvalue weighted by molar-refractivity contribution is 7.89.